The van der Waals surface area contributed by atoms with E-state index in [2.05, 4.69) is 12.1 Å². The number of ether oxygens (including phenoxy) is 3. The van der Waals surface area contributed by atoms with Gasteiger partial charge in [0.1, 0.15) is 12.4 Å². The fraction of sp³-hybridized carbons (Fsp3) is 0.517. The van der Waals surface area contributed by atoms with Gasteiger partial charge >= 0.3 is 12.1 Å². The molecule has 2 aromatic rings. The molecule has 3 aliphatic carbocycles. The molecule has 0 N–H and O–H groups in total. The quantitative estimate of drug-likeness (QED) is 0.415. The van der Waals surface area contributed by atoms with Gasteiger partial charge in [-0.1, -0.05) is 49.2 Å². The Hall–Kier alpha value is -3.02. The first kappa shape index (κ1) is 22.4. The van der Waals surface area contributed by atoms with E-state index in [-0.39, 0.29) is 36.2 Å². The van der Waals surface area contributed by atoms with E-state index >= 15 is 0 Å². The highest BCUT2D eigenvalue weighted by Gasteiger charge is 2.55. The Bertz CT molecular complexity index is 1100. The molecular formula is C29H33NO5. The summed E-state index contributed by atoms with van der Waals surface area (Å²) in [5, 5.41) is 0. The summed E-state index contributed by atoms with van der Waals surface area (Å²) >= 11 is 0. The van der Waals surface area contributed by atoms with Gasteiger partial charge in [-0.15, -0.1) is 0 Å². The van der Waals surface area contributed by atoms with Gasteiger partial charge in [-0.2, -0.15) is 0 Å². The number of hydrogen-bond acceptors (Lipinski definition) is 5. The average Bonchev–Trinajstić information content (AvgIpc) is 3.74. The normalized spacial score (nSPS) is 26.8. The van der Waals surface area contributed by atoms with E-state index in [9.17, 15) is 9.59 Å². The fourth-order valence-electron chi connectivity index (χ4n) is 6.70. The van der Waals surface area contributed by atoms with Crippen molar-refractivity contribution < 1.29 is 23.8 Å². The maximum Gasteiger partial charge on any atom is 0.410 e. The van der Waals surface area contributed by atoms with Crippen molar-refractivity contribution in [3.63, 3.8) is 0 Å². The maximum absolute atomic E-state index is 13.2. The Kier molecular flexibility index (Phi) is 5.91. The number of amides is 1. The third-order valence-corrected chi connectivity index (χ3v) is 8.59. The van der Waals surface area contributed by atoms with E-state index in [1.165, 1.54) is 24.0 Å². The predicted octanol–water partition coefficient (Wildman–Crippen LogP) is 5.37. The van der Waals surface area contributed by atoms with Crippen molar-refractivity contribution in [3.05, 3.63) is 65.2 Å². The SMILES string of the molecule is O=C(OCOc1ccc2c(c1)[C@@]13CCCC[C@H]1[C@@H](C2)N(C(=O)OCc1ccccc1)CC3)C1CC1. The zero-order valence-electron chi connectivity index (χ0n) is 20.1. The summed E-state index contributed by atoms with van der Waals surface area (Å²) in [6, 6.07) is 16.3. The summed E-state index contributed by atoms with van der Waals surface area (Å²) in [7, 11) is 0. The van der Waals surface area contributed by atoms with Crippen LogP contribution in [0, 0.1) is 11.8 Å². The van der Waals surface area contributed by atoms with Crippen LogP contribution in [0.4, 0.5) is 4.79 Å². The van der Waals surface area contributed by atoms with Crippen molar-refractivity contribution in [2.45, 2.75) is 69.4 Å². The number of likely N-dealkylation sites (tertiary alicyclic amines) is 1. The Morgan fingerprint density at radius 2 is 1.83 bits per heavy atom. The third-order valence-electron chi connectivity index (χ3n) is 8.59. The molecule has 1 saturated heterocycles. The van der Waals surface area contributed by atoms with Gasteiger partial charge in [0, 0.05) is 18.0 Å². The van der Waals surface area contributed by atoms with Gasteiger partial charge in [-0.25, -0.2) is 4.79 Å². The molecule has 0 radical (unpaired) electrons. The molecule has 0 aromatic heterocycles. The molecule has 6 nitrogen and oxygen atoms in total. The van der Waals surface area contributed by atoms with Crippen LogP contribution in [0.25, 0.3) is 0 Å². The first-order valence-corrected chi connectivity index (χ1v) is 13.0. The smallest absolute Gasteiger partial charge is 0.410 e. The molecule has 6 rings (SSSR count). The summed E-state index contributed by atoms with van der Waals surface area (Å²) in [4.78, 5) is 27.0. The van der Waals surface area contributed by atoms with Crippen LogP contribution in [0.5, 0.6) is 5.75 Å². The molecule has 1 amide bonds. The van der Waals surface area contributed by atoms with Crippen LogP contribution in [0.2, 0.25) is 0 Å². The van der Waals surface area contributed by atoms with Crippen LogP contribution in [0.1, 0.15) is 61.6 Å². The van der Waals surface area contributed by atoms with Gasteiger partial charge < -0.3 is 19.1 Å². The molecule has 35 heavy (non-hydrogen) atoms. The number of nitrogens with zero attached hydrogens (tertiary/aromatic N) is 1. The van der Waals surface area contributed by atoms with Crippen molar-refractivity contribution in [1.82, 2.24) is 4.90 Å². The minimum atomic E-state index is -0.195. The maximum atomic E-state index is 13.2. The molecule has 6 heteroatoms. The molecule has 3 atom stereocenters. The Labute approximate surface area is 206 Å². The van der Waals surface area contributed by atoms with E-state index in [0.29, 0.717) is 12.5 Å². The van der Waals surface area contributed by atoms with Gasteiger partial charge in [0.05, 0.1) is 5.92 Å². The topological polar surface area (TPSA) is 65.1 Å². The van der Waals surface area contributed by atoms with E-state index in [1.54, 1.807) is 0 Å². The van der Waals surface area contributed by atoms with Crippen LogP contribution >= 0.6 is 0 Å². The molecule has 184 valence electrons. The molecule has 3 fully saturated rings. The lowest BCUT2D eigenvalue weighted by Gasteiger charge is -2.58. The zero-order valence-corrected chi connectivity index (χ0v) is 20.1. The summed E-state index contributed by atoms with van der Waals surface area (Å²) in [5.74, 6) is 1.12. The van der Waals surface area contributed by atoms with Crippen molar-refractivity contribution in [2.75, 3.05) is 13.3 Å². The number of piperidine rings is 1. The molecule has 0 unspecified atom stereocenters. The minimum absolute atomic E-state index is 0.0335. The second-order valence-electron chi connectivity index (χ2n) is 10.6. The molecule has 1 heterocycles. The highest BCUT2D eigenvalue weighted by molar-refractivity contribution is 5.74. The summed E-state index contributed by atoms with van der Waals surface area (Å²) in [5.41, 5.74) is 3.77. The van der Waals surface area contributed by atoms with Crippen molar-refractivity contribution in [2.24, 2.45) is 11.8 Å². The molecule has 2 aromatic carbocycles. The van der Waals surface area contributed by atoms with E-state index < -0.39 is 0 Å². The second-order valence-corrected chi connectivity index (χ2v) is 10.6. The van der Waals surface area contributed by atoms with Crippen molar-refractivity contribution in [1.29, 1.82) is 0 Å². The van der Waals surface area contributed by atoms with Crippen molar-refractivity contribution >= 4 is 12.1 Å². The average molecular weight is 476 g/mol. The van der Waals surface area contributed by atoms with Gasteiger partial charge in [0.15, 0.2) is 0 Å². The van der Waals surface area contributed by atoms with Crippen LogP contribution < -0.4 is 4.74 Å². The van der Waals surface area contributed by atoms with Crippen LogP contribution in [0.15, 0.2) is 48.5 Å². The Morgan fingerprint density at radius 1 is 0.971 bits per heavy atom. The largest absolute Gasteiger partial charge is 0.457 e. The first-order chi connectivity index (χ1) is 17.1. The standard InChI is InChI=1S/C29H33NO5/c31-27(21-9-10-21)35-19-34-23-12-11-22-16-26-24-8-4-5-13-29(24,25(22)17-23)14-15-30(26)28(32)33-18-20-6-2-1-3-7-20/h1-3,6-7,11-12,17,21,24,26H,4-5,8-10,13-16,18-19H2/t24-,26+,29+/m0/s1. The first-order valence-electron chi connectivity index (χ1n) is 13.0. The number of hydrogen-bond donors (Lipinski definition) is 0. The minimum Gasteiger partial charge on any atom is -0.457 e. The lowest BCUT2D eigenvalue weighted by atomic mass is 9.52. The zero-order chi connectivity index (χ0) is 23.8. The van der Waals surface area contributed by atoms with Crippen molar-refractivity contribution in [3.8, 4) is 5.75 Å². The Balaban J connectivity index is 1.19. The number of carbonyl (C=O) groups excluding carboxylic acids is 2. The number of carbonyl (C=O) groups is 2. The molecule has 0 spiro atoms. The van der Waals surface area contributed by atoms with Crippen LogP contribution in [-0.4, -0.2) is 36.3 Å². The molecule has 1 aliphatic heterocycles. The fourth-order valence-corrected chi connectivity index (χ4v) is 6.70. The summed E-state index contributed by atoms with van der Waals surface area (Å²) in [6.07, 6.45) is 8.16. The number of rotatable bonds is 6. The molecule has 4 aliphatic rings. The molecule has 2 bridgehead atoms. The highest BCUT2D eigenvalue weighted by atomic mass is 16.7. The summed E-state index contributed by atoms with van der Waals surface area (Å²) < 4.78 is 16.9. The van der Waals surface area contributed by atoms with Gasteiger partial charge in [0.25, 0.3) is 0 Å². The predicted molar refractivity (Wildman–Crippen MR) is 130 cm³/mol. The second kappa shape index (κ2) is 9.21. The molecule has 2 saturated carbocycles. The van der Waals surface area contributed by atoms with Crippen LogP contribution in [0.3, 0.4) is 0 Å². The molecular weight excluding hydrogens is 442 g/mol. The monoisotopic (exact) mass is 475 g/mol. The van der Waals surface area contributed by atoms with E-state index in [0.717, 1.165) is 56.4 Å². The van der Waals surface area contributed by atoms with Gasteiger partial charge in [-0.05, 0) is 73.3 Å². The van der Waals surface area contributed by atoms with Crippen LogP contribution in [-0.2, 0) is 32.7 Å². The lowest BCUT2D eigenvalue weighted by Crippen LogP contribution is -2.62. The number of fused-ring (bicyclic) bond motifs is 1. The van der Waals surface area contributed by atoms with Gasteiger partial charge in [0.2, 0.25) is 6.79 Å². The number of esters is 1. The van der Waals surface area contributed by atoms with E-state index in [4.69, 9.17) is 14.2 Å². The Morgan fingerprint density at radius 3 is 2.66 bits per heavy atom. The lowest BCUT2D eigenvalue weighted by molar-refractivity contribution is -0.151. The van der Waals surface area contributed by atoms with E-state index in [1.807, 2.05) is 41.3 Å². The highest BCUT2D eigenvalue weighted by Crippen LogP contribution is 2.56. The summed E-state index contributed by atoms with van der Waals surface area (Å²) in [6.45, 7) is 0.994. The van der Waals surface area contributed by atoms with Gasteiger partial charge in [-0.3, -0.25) is 4.79 Å². The number of benzene rings is 2. The third kappa shape index (κ3) is 4.28.